The molecule has 2 aliphatic heterocycles. The molecule has 0 saturated carbocycles. The van der Waals surface area contributed by atoms with Gasteiger partial charge in [0.2, 0.25) is 5.89 Å². The molecule has 2 aliphatic rings. The molecule has 0 spiro atoms. The summed E-state index contributed by atoms with van der Waals surface area (Å²) in [7, 11) is 0. The number of aromatic nitrogens is 2. The van der Waals surface area contributed by atoms with Crippen LogP contribution in [0.25, 0.3) is 0 Å². The standard InChI is InChI=1S/C13H22N4O/c1-2-7-17(8-3-1)9-5-12-15-13(18-16-12)11-4-6-14-10-11/h11,14H,1-10H2. The van der Waals surface area contributed by atoms with E-state index in [1.54, 1.807) is 0 Å². The molecule has 3 rings (SSSR count). The summed E-state index contributed by atoms with van der Waals surface area (Å²) in [5, 5.41) is 7.43. The average molecular weight is 250 g/mol. The van der Waals surface area contributed by atoms with Gasteiger partial charge in [-0.3, -0.25) is 0 Å². The largest absolute Gasteiger partial charge is 0.339 e. The number of likely N-dealkylation sites (tertiary alicyclic amines) is 1. The molecule has 1 N–H and O–H groups in total. The molecule has 1 atom stereocenters. The monoisotopic (exact) mass is 250 g/mol. The summed E-state index contributed by atoms with van der Waals surface area (Å²) in [5.74, 6) is 2.14. The third-order valence-corrected chi connectivity index (χ3v) is 3.99. The highest BCUT2D eigenvalue weighted by Gasteiger charge is 2.22. The summed E-state index contributed by atoms with van der Waals surface area (Å²) in [6.45, 7) is 5.58. The first kappa shape index (κ1) is 12.1. The number of nitrogens with one attached hydrogen (secondary N) is 1. The van der Waals surface area contributed by atoms with E-state index in [2.05, 4.69) is 20.4 Å². The Kier molecular flexibility index (Phi) is 3.90. The fourth-order valence-electron chi connectivity index (χ4n) is 2.84. The molecule has 0 aromatic carbocycles. The van der Waals surface area contributed by atoms with Crippen molar-refractivity contribution in [3.8, 4) is 0 Å². The third-order valence-electron chi connectivity index (χ3n) is 3.99. The van der Waals surface area contributed by atoms with Crippen molar-refractivity contribution in [1.29, 1.82) is 0 Å². The van der Waals surface area contributed by atoms with Crippen LogP contribution in [0.2, 0.25) is 0 Å². The quantitative estimate of drug-likeness (QED) is 0.869. The van der Waals surface area contributed by atoms with Gasteiger partial charge in [0.1, 0.15) is 0 Å². The van der Waals surface area contributed by atoms with Crippen LogP contribution in [0.5, 0.6) is 0 Å². The first-order valence-corrected chi connectivity index (χ1v) is 7.17. The summed E-state index contributed by atoms with van der Waals surface area (Å²) < 4.78 is 5.37. The molecule has 1 aromatic rings. The Morgan fingerprint density at radius 1 is 1.28 bits per heavy atom. The van der Waals surface area contributed by atoms with Crippen LogP contribution < -0.4 is 5.32 Å². The van der Waals surface area contributed by atoms with Crippen LogP contribution in [0, 0.1) is 0 Å². The van der Waals surface area contributed by atoms with Gasteiger partial charge in [0.05, 0.1) is 5.92 Å². The lowest BCUT2D eigenvalue weighted by atomic mass is 10.1. The van der Waals surface area contributed by atoms with E-state index >= 15 is 0 Å². The van der Waals surface area contributed by atoms with Gasteiger partial charge in [-0.15, -0.1) is 0 Å². The zero-order chi connectivity index (χ0) is 12.2. The van der Waals surface area contributed by atoms with Gasteiger partial charge in [0, 0.05) is 19.5 Å². The van der Waals surface area contributed by atoms with Gasteiger partial charge >= 0.3 is 0 Å². The number of hydrogen-bond donors (Lipinski definition) is 1. The first-order valence-electron chi connectivity index (χ1n) is 7.17. The van der Waals surface area contributed by atoms with Crippen molar-refractivity contribution in [1.82, 2.24) is 20.4 Å². The molecule has 1 aromatic heterocycles. The second-order valence-corrected chi connectivity index (χ2v) is 5.39. The van der Waals surface area contributed by atoms with Gasteiger partial charge in [-0.25, -0.2) is 0 Å². The Hall–Kier alpha value is -0.940. The molecule has 18 heavy (non-hydrogen) atoms. The Labute approximate surface area is 108 Å². The number of rotatable bonds is 4. The van der Waals surface area contributed by atoms with Crippen molar-refractivity contribution < 1.29 is 4.52 Å². The molecule has 2 saturated heterocycles. The first-order chi connectivity index (χ1) is 8.92. The van der Waals surface area contributed by atoms with Crippen molar-refractivity contribution in [2.45, 2.75) is 38.0 Å². The minimum atomic E-state index is 0.432. The lowest BCUT2D eigenvalue weighted by molar-refractivity contribution is 0.229. The molecular weight excluding hydrogens is 228 g/mol. The fourth-order valence-corrected chi connectivity index (χ4v) is 2.84. The summed E-state index contributed by atoms with van der Waals surface area (Å²) in [6.07, 6.45) is 6.10. The molecule has 0 radical (unpaired) electrons. The zero-order valence-corrected chi connectivity index (χ0v) is 10.9. The summed E-state index contributed by atoms with van der Waals surface area (Å²) in [6, 6.07) is 0. The number of nitrogens with zero attached hydrogens (tertiary/aromatic N) is 3. The van der Waals surface area contributed by atoms with Crippen LogP contribution in [-0.4, -0.2) is 47.8 Å². The Bertz CT molecular complexity index is 367. The highest BCUT2D eigenvalue weighted by atomic mass is 16.5. The molecule has 1 unspecified atom stereocenters. The second-order valence-electron chi connectivity index (χ2n) is 5.39. The van der Waals surface area contributed by atoms with Crippen LogP contribution in [0.4, 0.5) is 0 Å². The lowest BCUT2D eigenvalue weighted by Crippen LogP contribution is -2.31. The molecule has 5 heteroatoms. The minimum absolute atomic E-state index is 0.432. The number of piperidine rings is 1. The Morgan fingerprint density at radius 2 is 2.17 bits per heavy atom. The predicted octanol–water partition coefficient (Wildman–Crippen LogP) is 1.17. The minimum Gasteiger partial charge on any atom is -0.339 e. The van der Waals surface area contributed by atoms with Crippen LogP contribution in [0.3, 0.4) is 0 Å². The molecule has 3 heterocycles. The summed E-state index contributed by atoms with van der Waals surface area (Å²) in [5.41, 5.74) is 0. The predicted molar refractivity (Wildman–Crippen MR) is 68.5 cm³/mol. The van der Waals surface area contributed by atoms with E-state index in [0.717, 1.165) is 44.2 Å². The van der Waals surface area contributed by atoms with Crippen LogP contribution in [0.15, 0.2) is 4.52 Å². The fraction of sp³-hybridized carbons (Fsp3) is 0.846. The van der Waals surface area contributed by atoms with E-state index in [1.807, 2.05) is 0 Å². The average Bonchev–Trinajstić information content (AvgIpc) is 3.08. The maximum absolute atomic E-state index is 5.37. The Morgan fingerprint density at radius 3 is 2.94 bits per heavy atom. The summed E-state index contributed by atoms with van der Waals surface area (Å²) >= 11 is 0. The Balaban J connectivity index is 1.50. The normalized spacial score (nSPS) is 25.7. The van der Waals surface area contributed by atoms with Crippen LogP contribution in [-0.2, 0) is 6.42 Å². The SMILES string of the molecule is C1CCN(CCc2noc(C3CCNC3)n2)CC1. The molecule has 5 nitrogen and oxygen atoms in total. The van der Waals surface area contributed by atoms with Crippen molar-refractivity contribution in [2.24, 2.45) is 0 Å². The van der Waals surface area contributed by atoms with E-state index in [9.17, 15) is 0 Å². The van der Waals surface area contributed by atoms with Gasteiger partial charge in [-0.2, -0.15) is 4.98 Å². The van der Waals surface area contributed by atoms with E-state index in [1.165, 1.54) is 32.4 Å². The highest BCUT2D eigenvalue weighted by molar-refractivity contribution is 4.98. The van der Waals surface area contributed by atoms with Crippen LogP contribution >= 0.6 is 0 Å². The van der Waals surface area contributed by atoms with Gasteiger partial charge in [0.25, 0.3) is 0 Å². The molecule has 0 aliphatic carbocycles. The van der Waals surface area contributed by atoms with Crippen molar-refractivity contribution in [3.05, 3.63) is 11.7 Å². The van der Waals surface area contributed by atoms with Gasteiger partial charge in [0.15, 0.2) is 5.82 Å². The van der Waals surface area contributed by atoms with E-state index in [4.69, 9.17) is 4.52 Å². The lowest BCUT2D eigenvalue weighted by Gasteiger charge is -2.25. The van der Waals surface area contributed by atoms with E-state index in [0.29, 0.717) is 5.92 Å². The second kappa shape index (κ2) is 5.80. The van der Waals surface area contributed by atoms with Gasteiger partial charge in [-0.05, 0) is 38.9 Å². The topological polar surface area (TPSA) is 54.2 Å². The maximum Gasteiger partial charge on any atom is 0.231 e. The van der Waals surface area contributed by atoms with Gasteiger partial charge in [-0.1, -0.05) is 11.6 Å². The van der Waals surface area contributed by atoms with Crippen molar-refractivity contribution in [2.75, 3.05) is 32.7 Å². The molecule has 0 amide bonds. The summed E-state index contributed by atoms with van der Waals surface area (Å²) in [4.78, 5) is 7.04. The highest BCUT2D eigenvalue weighted by Crippen LogP contribution is 2.20. The van der Waals surface area contributed by atoms with Gasteiger partial charge < -0.3 is 14.7 Å². The molecule has 100 valence electrons. The third kappa shape index (κ3) is 2.90. The molecule has 2 fully saturated rings. The van der Waals surface area contributed by atoms with Crippen molar-refractivity contribution >= 4 is 0 Å². The van der Waals surface area contributed by atoms with E-state index < -0.39 is 0 Å². The number of hydrogen-bond acceptors (Lipinski definition) is 5. The van der Waals surface area contributed by atoms with Crippen molar-refractivity contribution in [3.63, 3.8) is 0 Å². The van der Waals surface area contributed by atoms with E-state index in [-0.39, 0.29) is 0 Å². The zero-order valence-electron chi connectivity index (χ0n) is 10.9. The molecular formula is C13H22N4O. The van der Waals surface area contributed by atoms with Crippen LogP contribution in [0.1, 0.15) is 43.3 Å². The molecule has 0 bridgehead atoms. The maximum atomic E-state index is 5.37. The smallest absolute Gasteiger partial charge is 0.231 e.